The summed E-state index contributed by atoms with van der Waals surface area (Å²) in [6.45, 7) is 10.7. The minimum atomic E-state index is 0.206. The topological polar surface area (TPSA) is 12.0 Å². The zero-order valence-electron chi connectivity index (χ0n) is 9.32. The van der Waals surface area contributed by atoms with Crippen LogP contribution < -0.4 is 5.32 Å². The van der Waals surface area contributed by atoms with Crippen LogP contribution in [0.5, 0.6) is 0 Å². The molecule has 0 spiro atoms. The first kappa shape index (κ1) is 10.6. The van der Waals surface area contributed by atoms with E-state index in [2.05, 4.69) is 32.7 Å². The first-order chi connectivity index (χ1) is 6.00. The van der Waals surface area contributed by atoms with Crippen molar-refractivity contribution < 1.29 is 0 Å². The highest BCUT2D eigenvalue weighted by molar-refractivity contribution is 5.04. The highest BCUT2D eigenvalue weighted by atomic mass is 14.9. The molecule has 0 aromatic carbocycles. The van der Waals surface area contributed by atoms with Crippen LogP contribution >= 0.6 is 0 Å². The van der Waals surface area contributed by atoms with Crippen LogP contribution in [0.4, 0.5) is 0 Å². The highest BCUT2D eigenvalue weighted by Crippen LogP contribution is 2.24. The average molecular weight is 181 g/mol. The maximum Gasteiger partial charge on any atom is 0.0258 e. The Bertz CT molecular complexity index is 170. The second-order valence-electron chi connectivity index (χ2n) is 5.21. The minimum Gasteiger partial charge on any atom is -0.386 e. The average Bonchev–Trinajstić information content (AvgIpc) is 2.04. The summed E-state index contributed by atoms with van der Waals surface area (Å²) < 4.78 is 0. The maximum atomic E-state index is 4.11. The van der Waals surface area contributed by atoms with Gasteiger partial charge in [0, 0.05) is 17.2 Å². The molecule has 1 heteroatoms. The van der Waals surface area contributed by atoms with Crippen LogP contribution in [0.3, 0.4) is 0 Å². The van der Waals surface area contributed by atoms with Gasteiger partial charge in [-0.25, -0.2) is 0 Å². The molecule has 0 aliphatic heterocycles. The van der Waals surface area contributed by atoms with E-state index in [9.17, 15) is 0 Å². The van der Waals surface area contributed by atoms with Gasteiger partial charge in [0.05, 0.1) is 0 Å². The van der Waals surface area contributed by atoms with E-state index in [1.165, 1.54) is 37.8 Å². The van der Waals surface area contributed by atoms with Crippen LogP contribution in [-0.2, 0) is 0 Å². The van der Waals surface area contributed by atoms with Crippen LogP contribution in [0.15, 0.2) is 12.3 Å². The van der Waals surface area contributed by atoms with Crippen LogP contribution in [0.2, 0.25) is 0 Å². The fourth-order valence-electron chi connectivity index (χ4n) is 1.71. The van der Waals surface area contributed by atoms with E-state index < -0.39 is 0 Å². The summed E-state index contributed by atoms with van der Waals surface area (Å²) in [5, 5.41) is 3.56. The Morgan fingerprint density at radius 2 is 1.69 bits per heavy atom. The fourth-order valence-corrected chi connectivity index (χ4v) is 1.71. The van der Waals surface area contributed by atoms with Gasteiger partial charge in [-0.15, -0.1) is 0 Å². The summed E-state index contributed by atoms with van der Waals surface area (Å²) in [5.74, 6) is 0. The van der Waals surface area contributed by atoms with Gasteiger partial charge in [0.25, 0.3) is 0 Å². The summed E-state index contributed by atoms with van der Waals surface area (Å²) in [4.78, 5) is 0. The third-order valence-electron chi connectivity index (χ3n) is 2.89. The molecule has 0 bridgehead atoms. The van der Waals surface area contributed by atoms with Crippen LogP contribution in [-0.4, -0.2) is 6.04 Å². The van der Waals surface area contributed by atoms with Crippen molar-refractivity contribution in [2.24, 2.45) is 5.41 Å². The molecule has 1 aliphatic carbocycles. The van der Waals surface area contributed by atoms with Crippen molar-refractivity contribution in [3.05, 3.63) is 12.3 Å². The molecule has 1 nitrogen and oxygen atoms in total. The van der Waals surface area contributed by atoms with Gasteiger partial charge in [-0.05, 0) is 12.8 Å². The third-order valence-corrected chi connectivity index (χ3v) is 2.89. The molecule has 0 aromatic rings. The summed E-state index contributed by atoms with van der Waals surface area (Å²) in [5.41, 5.74) is 1.40. The van der Waals surface area contributed by atoms with Gasteiger partial charge >= 0.3 is 0 Å². The van der Waals surface area contributed by atoms with Gasteiger partial charge in [-0.3, -0.25) is 0 Å². The number of nitrogens with one attached hydrogen (secondary N) is 1. The van der Waals surface area contributed by atoms with Gasteiger partial charge in [0.15, 0.2) is 0 Å². The van der Waals surface area contributed by atoms with E-state index in [1.54, 1.807) is 0 Å². The molecule has 1 rings (SSSR count). The predicted molar refractivity (Wildman–Crippen MR) is 58.6 cm³/mol. The monoisotopic (exact) mass is 181 g/mol. The van der Waals surface area contributed by atoms with Crippen molar-refractivity contribution in [3.8, 4) is 0 Å². The number of allylic oxidation sites excluding steroid dienone is 1. The molecule has 0 unspecified atom stereocenters. The lowest BCUT2D eigenvalue weighted by Gasteiger charge is -2.30. The first-order valence-electron chi connectivity index (χ1n) is 5.46. The Balaban J connectivity index is 2.35. The van der Waals surface area contributed by atoms with E-state index in [0.717, 1.165) is 0 Å². The largest absolute Gasteiger partial charge is 0.386 e. The Hall–Kier alpha value is -0.460. The highest BCUT2D eigenvalue weighted by Gasteiger charge is 2.19. The maximum absolute atomic E-state index is 4.11. The number of rotatable bonds is 2. The van der Waals surface area contributed by atoms with Crippen LogP contribution in [0.25, 0.3) is 0 Å². The molecule has 0 atom stereocenters. The Kier molecular flexibility index (Phi) is 3.40. The zero-order chi connectivity index (χ0) is 9.90. The molecule has 1 N–H and O–H groups in total. The molecule has 1 fully saturated rings. The minimum absolute atomic E-state index is 0.206. The fraction of sp³-hybridized carbons (Fsp3) is 0.833. The lowest BCUT2D eigenvalue weighted by molar-refractivity contribution is 0.358. The number of hydrogen-bond donors (Lipinski definition) is 1. The second kappa shape index (κ2) is 4.17. The van der Waals surface area contributed by atoms with Crippen molar-refractivity contribution >= 4 is 0 Å². The molecule has 0 heterocycles. The SMILES string of the molecule is C=C(NC1CCCCC1)C(C)(C)C. The van der Waals surface area contributed by atoms with Gasteiger partial charge < -0.3 is 5.32 Å². The van der Waals surface area contributed by atoms with E-state index in [-0.39, 0.29) is 5.41 Å². The molecule has 0 radical (unpaired) electrons. The lowest BCUT2D eigenvalue weighted by atomic mass is 9.90. The summed E-state index contributed by atoms with van der Waals surface area (Å²) in [6.07, 6.45) is 6.84. The van der Waals surface area contributed by atoms with Gasteiger partial charge in [-0.1, -0.05) is 46.6 Å². The van der Waals surface area contributed by atoms with Crippen molar-refractivity contribution in [1.82, 2.24) is 5.32 Å². The van der Waals surface area contributed by atoms with Crippen molar-refractivity contribution in [3.63, 3.8) is 0 Å². The van der Waals surface area contributed by atoms with Crippen molar-refractivity contribution in [2.75, 3.05) is 0 Å². The summed E-state index contributed by atoms with van der Waals surface area (Å²) >= 11 is 0. The van der Waals surface area contributed by atoms with E-state index in [1.807, 2.05) is 0 Å². The number of hydrogen-bond acceptors (Lipinski definition) is 1. The normalized spacial score (nSPS) is 19.9. The van der Waals surface area contributed by atoms with E-state index >= 15 is 0 Å². The summed E-state index contributed by atoms with van der Waals surface area (Å²) in [7, 11) is 0. The van der Waals surface area contributed by atoms with Gasteiger partial charge in [0.2, 0.25) is 0 Å². The third kappa shape index (κ3) is 3.41. The second-order valence-corrected chi connectivity index (χ2v) is 5.21. The Morgan fingerprint density at radius 1 is 1.15 bits per heavy atom. The van der Waals surface area contributed by atoms with Gasteiger partial charge in [0.1, 0.15) is 0 Å². The molecule has 1 aliphatic rings. The molecule has 76 valence electrons. The molecule has 1 saturated carbocycles. The van der Waals surface area contributed by atoms with E-state index in [0.29, 0.717) is 6.04 Å². The predicted octanol–water partition coefficient (Wildman–Crippen LogP) is 3.47. The molecule has 0 saturated heterocycles. The molecule has 0 amide bonds. The molecular formula is C12H23N. The Labute approximate surface area is 82.6 Å². The lowest BCUT2D eigenvalue weighted by Crippen LogP contribution is -2.34. The standard InChI is InChI=1S/C12H23N/c1-10(12(2,3)4)13-11-8-6-5-7-9-11/h11,13H,1,5-9H2,2-4H3. The summed E-state index contributed by atoms with van der Waals surface area (Å²) in [6, 6.07) is 0.695. The smallest absolute Gasteiger partial charge is 0.0258 e. The van der Waals surface area contributed by atoms with E-state index in [4.69, 9.17) is 0 Å². The quantitative estimate of drug-likeness (QED) is 0.688. The first-order valence-corrected chi connectivity index (χ1v) is 5.46. The van der Waals surface area contributed by atoms with Gasteiger partial charge in [-0.2, -0.15) is 0 Å². The molecular weight excluding hydrogens is 158 g/mol. The Morgan fingerprint density at radius 3 is 2.15 bits per heavy atom. The van der Waals surface area contributed by atoms with Crippen molar-refractivity contribution in [1.29, 1.82) is 0 Å². The van der Waals surface area contributed by atoms with Crippen molar-refractivity contribution in [2.45, 2.75) is 58.9 Å². The molecule has 0 aromatic heterocycles. The zero-order valence-corrected chi connectivity index (χ0v) is 9.32. The van der Waals surface area contributed by atoms with Crippen LogP contribution in [0.1, 0.15) is 52.9 Å². The van der Waals surface area contributed by atoms with Crippen LogP contribution in [0, 0.1) is 5.41 Å². The molecule has 13 heavy (non-hydrogen) atoms.